The van der Waals surface area contributed by atoms with E-state index in [0.29, 0.717) is 5.15 Å². The molecule has 2 N–H and O–H groups in total. The first kappa shape index (κ1) is 10.5. The molecular weight excluding hydrogens is 186 g/mol. The molecule has 3 nitrogen and oxygen atoms in total. The lowest BCUT2D eigenvalue weighted by molar-refractivity contribution is 0.570. The highest BCUT2D eigenvalue weighted by Crippen LogP contribution is 2.26. The van der Waals surface area contributed by atoms with Crippen molar-refractivity contribution in [3.63, 3.8) is 0 Å². The SMILES string of the molecule is CNCc1nc(Cl)c(C(C)(C)C)[nH]1. The van der Waals surface area contributed by atoms with E-state index in [9.17, 15) is 0 Å². The standard InChI is InChI=1S/C9H16ClN3/c1-9(2,3)7-8(10)13-6(12-7)5-11-4/h11H,5H2,1-4H3,(H,12,13). The van der Waals surface area contributed by atoms with Gasteiger partial charge in [0.25, 0.3) is 0 Å². The van der Waals surface area contributed by atoms with E-state index in [1.165, 1.54) is 0 Å². The topological polar surface area (TPSA) is 40.7 Å². The molecule has 0 saturated carbocycles. The van der Waals surface area contributed by atoms with Crippen LogP contribution in [0.5, 0.6) is 0 Å². The summed E-state index contributed by atoms with van der Waals surface area (Å²) in [7, 11) is 1.88. The van der Waals surface area contributed by atoms with Crippen molar-refractivity contribution in [1.29, 1.82) is 0 Å². The lowest BCUT2D eigenvalue weighted by Crippen LogP contribution is -2.13. The molecule has 0 aromatic carbocycles. The molecule has 0 saturated heterocycles. The van der Waals surface area contributed by atoms with E-state index in [-0.39, 0.29) is 5.41 Å². The molecule has 0 amide bonds. The van der Waals surface area contributed by atoms with Gasteiger partial charge in [-0.1, -0.05) is 32.4 Å². The molecule has 1 rings (SSSR count). The highest BCUT2D eigenvalue weighted by atomic mass is 35.5. The smallest absolute Gasteiger partial charge is 0.150 e. The summed E-state index contributed by atoms with van der Waals surface area (Å²) in [6.07, 6.45) is 0. The van der Waals surface area contributed by atoms with Crippen LogP contribution >= 0.6 is 11.6 Å². The molecule has 4 heteroatoms. The molecule has 13 heavy (non-hydrogen) atoms. The molecule has 0 spiro atoms. The number of rotatable bonds is 2. The first-order valence-electron chi connectivity index (χ1n) is 4.34. The van der Waals surface area contributed by atoms with Crippen LogP contribution in [0, 0.1) is 0 Å². The molecule has 0 aliphatic carbocycles. The van der Waals surface area contributed by atoms with Gasteiger partial charge in [-0.15, -0.1) is 0 Å². The minimum atomic E-state index is 0.0239. The summed E-state index contributed by atoms with van der Waals surface area (Å²) < 4.78 is 0. The summed E-state index contributed by atoms with van der Waals surface area (Å²) in [5, 5.41) is 3.60. The molecule has 0 unspecified atom stereocenters. The highest BCUT2D eigenvalue weighted by molar-refractivity contribution is 6.30. The van der Waals surface area contributed by atoms with E-state index in [1.54, 1.807) is 0 Å². The molecule has 0 aliphatic rings. The van der Waals surface area contributed by atoms with Crippen LogP contribution in [-0.2, 0) is 12.0 Å². The van der Waals surface area contributed by atoms with Crippen LogP contribution in [0.25, 0.3) is 0 Å². The van der Waals surface area contributed by atoms with Crippen LogP contribution in [0.1, 0.15) is 32.3 Å². The summed E-state index contributed by atoms with van der Waals surface area (Å²) in [5.74, 6) is 0.887. The molecule has 0 radical (unpaired) electrons. The number of nitrogens with zero attached hydrogens (tertiary/aromatic N) is 1. The Labute approximate surface area is 83.9 Å². The lowest BCUT2D eigenvalue weighted by atomic mass is 9.93. The zero-order valence-corrected chi connectivity index (χ0v) is 9.29. The third-order valence-corrected chi connectivity index (χ3v) is 2.08. The Morgan fingerprint density at radius 2 is 2.08 bits per heavy atom. The zero-order valence-electron chi connectivity index (χ0n) is 8.53. The van der Waals surface area contributed by atoms with Gasteiger partial charge in [0.2, 0.25) is 0 Å². The third-order valence-electron chi connectivity index (χ3n) is 1.80. The zero-order chi connectivity index (χ0) is 10.1. The van der Waals surface area contributed by atoms with Gasteiger partial charge >= 0.3 is 0 Å². The molecule has 1 aromatic heterocycles. The van der Waals surface area contributed by atoms with Crippen molar-refractivity contribution in [2.45, 2.75) is 32.7 Å². The summed E-state index contributed by atoms with van der Waals surface area (Å²) in [6.45, 7) is 7.04. The maximum Gasteiger partial charge on any atom is 0.150 e. The second-order valence-electron chi connectivity index (χ2n) is 4.13. The van der Waals surface area contributed by atoms with Crippen molar-refractivity contribution in [1.82, 2.24) is 15.3 Å². The van der Waals surface area contributed by atoms with Crippen molar-refractivity contribution < 1.29 is 0 Å². The Hall–Kier alpha value is -0.540. The number of aromatic nitrogens is 2. The van der Waals surface area contributed by atoms with E-state index in [0.717, 1.165) is 18.1 Å². The fourth-order valence-electron chi connectivity index (χ4n) is 1.15. The molecule has 0 aliphatic heterocycles. The lowest BCUT2D eigenvalue weighted by Gasteiger charge is -2.16. The van der Waals surface area contributed by atoms with E-state index in [1.807, 2.05) is 7.05 Å². The Bertz CT molecular complexity index is 286. The predicted octanol–water partition coefficient (Wildman–Crippen LogP) is 2.08. The predicted molar refractivity (Wildman–Crippen MR) is 55.1 cm³/mol. The monoisotopic (exact) mass is 201 g/mol. The first-order valence-corrected chi connectivity index (χ1v) is 4.72. The summed E-state index contributed by atoms with van der Waals surface area (Å²) in [4.78, 5) is 7.43. The van der Waals surface area contributed by atoms with E-state index < -0.39 is 0 Å². The number of H-pyrrole nitrogens is 1. The van der Waals surface area contributed by atoms with Gasteiger partial charge in [0.15, 0.2) is 5.15 Å². The van der Waals surface area contributed by atoms with Crippen LogP contribution in [0.15, 0.2) is 0 Å². The van der Waals surface area contributed by atoms with Crippen molar-refractivity contribution in [3.8, 4) is 0 Å². The number of hydrogen-bond acceptors (Lipinski definition) is 2. The second kappa shape index (κ2) is 3.68. The van der Waals surface area contributed by atoms with Gasteiger partial charge in [-0.3, -0.25) is 0 Å². The maximum atomic E-state index is 6.00. The molecule has 1 aromatic rings. The Morgan fingerprint density at radius 1 is 1.46 bits per heavy atom. The molecule has 0 bridgehead atoms. The molecule has 74 valence electrons. The van der Waals surface area contributed by atoms with Crippen LogP contribution in [0.2, 0.25) is 5.15 Å². The minimum Gasteiger partial charge on any atom is -0.343 e. The summed E-state index contributed by atoms with van der Waals surface area (Å²) in [5.41, 5.74) is 1.02. The van der Waals surface area contributed by atoms with E-state index in [4.69, 9.17) is 11.6 Å². The minimum absolute atomic E-state index is 0.0239. The van der Waals surface area contributed by atoms with Crippen molar-refractivity contribution in [3.05, 3.63) is 16.7 Å². The number of halogens is 1. The number of imidazole rings is 1. The fraction of sp³-hybridized carbons (Fsp3) is 0.667. The van der Waals surface area contributed by atoms with Gasteiger partial charge in [0, 0.05) is 5.41 Å². The second-order valence-corrected chi connectivity index (χ2v) is 4.49. The molecule has 1 heterocycles. The van der Waals surface area contributed by atoms with Crippen molar-refractivity contribution >= 4 is 11.6 Å². The van der Waals surface area contributed by atoms with Crippen molar-refractivity contribution in [2.24, 2.45) is 0 Å². The van der Waals surface area contributed by atoms with Gasteiger partial charge in [0.1, 0.15) is 5.82 Å². The van der Waals surface area contributed by atoms with Gasteiger partial charge in [-0.05, 0) is 7.05 Å². The average Bonchev–Trinajstić information content (AvgIpc) is 2.30. The maximum absolute atomic E-state index is 6.00. The van der Waals surface area contributed by atoms with E-state index >= 15 is 0 Å². The number of nitrogens with one attached hydrogen (secondary N) is 2. The fourth-order valence-corrected chi connectivity index (χ4v) is 1.58. The quantitative estimate of drug-likeness (QED) is 0.770. The van der Waals surface area contributed by atoms with Gasteiger partial charge < -0.3 is 10.3 Å². The molecule has 0 fully saturated rings. The van der Waals surface area contributed by atoms with Gasteiger partial charge in [-0.2, -0.15) is 0 Å². The molecule has 0 atom stereocenters. The summed E-state index contributed by atoms with van der Waals surface area (Å²) >= 11 is 6.00. The number of hydrogen-bond donors (Lipinski definition) is 2. The number of aromatic amines is 1. The largest absolute Gasteiger partial charge is 0.343 e. The normalized spacial score (nSPS) is 12.1. The Balaban J connectivity index is 2.96. The van der Waals surface area contributed by atoms with Crippen molar-refractivity contribution in [2.75, 3.05) is 7.05 Å². The molecular formula is C9H16ClN3. The Morgan fingerprint density at radius 3 is 2.46 bits per heavy atom. The van der Waals surface area contributed by atoms with Gasteiger partial charge in [0.05, 0.1) is 12.2 Å². The first-order chi connectivity index (χ1) is 5.95. The van der Waals surface area contributed by atoms with Crippen LogP contribution in [0.3, 0.4) is 0 Å². The summed E-state index contributed by atoms with van der Waals surface area (Å²) in [6, 6.07) is 0. The average molecular weight is 202 g/mol. The van der Waals surface area contributed by atoms with Gasteiger partial charge in [-0.25, -0.2) is 4.98 Å². The third kappa shape index (κ3) is 2.45. The van der Waals surface area contributed by atoms with Crippen LogP contribution in [0.4, 0.5) is 0 Å². The Kier molecular flexibility index (Phi) is 2.98. The highest BCUT2D eigenvalue weighted by Gasteiger charge is 2.20. The van der Waals surface area contributed by atoms with E-state index in [2.05, 4.69) is 36.1 Å². The van der Waals surface area contributed by atoms with Crippen LogP contribution < -0.4 is 5.32 Å². The van der Waals surface area contributed by atoms with Crippen LogP contribution in [-0.4, -0.2) is 17.0 Å².